The Kier molecular flexibility index (Phi) is 4.81. The molecule has 0 amide bonds. The van der Waals surface area contributed by atoms with E-state index < -0.39 is 0 Å². The summed E-state index contributed by atoms with van der Waals surface area (Å²) in [6.45, 7) is 2.46. The molecule has 0 spiro atoms. The van der Waals surface area contributed by atoms with Gasteiger partial charge in [0.15, 0.2) is 0 Å². The molecule has 1 atom stereocenters. The van der Waals surface area contributed by atoms with Crippen LogP contribution in [-0.4, -0.2) is 41.5 Å². The lowest BCUT2D eigenvalue weighted by molar-refractivity contribution is 0.175. The molecule has 1 aliphatic rings. The Balaban J connectivity index is 1.89. The Morgan fingerprint density at radius 1 is 1.26 bits per heavy atom. The first-order chi connectivity index (χ1) is 11.2. The summed E-state index contributed by atoms with van der Waals surface area (Å²) in [6, 6.07) is 13.7. The van der Waals surface area contributed by atoms with Gasteiger partial charge in [-0.2, -0.15) is 0 Å². The number of nitrogens with zero attached hydrogens (tertiary/aromatic N) is 1. The minimum absolute atomic E-state index is 0.208. The highest BCUT2D eigenvalue weighted by Gasteiger charge is 2.20. The molecule has 2 aromatic rings. The number of rotatable bonds is 5. The first kappa shape index (κ1) is 15.8. The lowest BCUT2D eigenvalue weighted by atomic mass is 10.0. The minimum atomic E-state index is -0.208. The smallest absolute Gasteiger partial charge is 0.126 e. The Morgan fingerprint density at radius 3 is 2.83 bits per heavy atom. The number of aliphatic hydroxyl groups is 1. The maximum Gasteiger partial charge on any atom is 0.126 e. The number of benzene rings is 2. The molecular weight excluding hydrogens is 292 g/mol. The number of methoxy groups -OCH3 is 1. The Bertz CT molecular complexity index is 675. The monoisotopic (exact) mass is 314 g/mol. The summed E-state index contributed by atoms with van der Waals surface area (Å²) in [5.74, 6) is 0.797. The largest absolute Gasteiger partial charge is 0.496 e. The number of β-amino-alcohol motifs (C(OH)–C–C–N with tert-alkyl or cyclic N) is 1. The van der Waals surface area contributed by atoms with E-state index in [1.54, 1.807) is 13.2 Å². The topological polar surface area (TPSA) is 65.0 Å². The molecule has 0 bridgehead atoms. The second-order valence-electron chi connectivity index (χ2n) is 5.90. The summed E-state index contributed by atoms with van der Waals surface area (Å²) >= 11 is 0. The number of aliphatic hydroxyl groups excluding tert-OH is 1. The predicted molar refractivity (Wildman–Crippen MR) is 89.7 cm³/mol. The molecule has 1 heterocycles. The number of likely N-dealkylation sites (tertiary alicyclic amines) is 1. The van der Waals surface area contributed by atoms with Gasteiger partial charge in [0.1, 0.15) is 5.75 Å². The third-order valence-corrected chi connectivity index (χ3v) is 4.22. The van der Waals surface area contributed by atoms with Crippen molar-refractivity contribution in [1.82, 2.24) is 4.90 Å². The molecule has 3 N–H and O–H groups in total. The van der Waals surface area contributed by atoms with Crippen LogP contribution in [-0.2, 0) is 6.54 Å². The third-order valence-electron chi connectivity index (χ3n) is 4.22. The molecule has 122 valence electrons. The van der Waals surface area contributed by atoms with Gasteiger partial charge in [0.25, 0.3) is 0 Å². The second kappa shape index (κ2) is 7.00. The van der Waals surface area contributed by atoms with Crippen LogP contribution in [0.4, 0.5) is 5.69 Å². The number of hydrogen-bond acceptors (Lipinski definition) is 5. The van der Waals surface area contributed by atoms with Crippen LogP contribution in [0.1, 0.15) is 12.0 Å². The Hall–Kier alpha value is -2.08. The van der Waals surface area contributed by atoms with E-state index in [1.807, 2.05) is 24.3 Å². The van der Waals surface area contributed by atoms with Crippen LogP contribution in [0.3, 0.4) is 0 Å². The summed E-state index contributed by atoms with van der Waals surface area (Å²) < 4.78 is 5.48. The van der Waals surface area contributed by atoms with Gasteiger partial charge in [0.05, 0.1) is 18.9 Å². The molecule has 5 nitrogen and oxygen atoms in total. The van der Waals surface area contributed by atoms with Crippen molar-refractivity contribution in [3.63, 3.8) is 0 Å². The van der Waals surface area contributed by atoms with E-state index in [4.69, 9.17) is 9.94 Å². The van der Waals surface area contributed by atoms with Gasteiger partial charge >= 0.3 is 0 Å². The predicted octanol–water partition coefficient (Wildman–Crippen LogP) is 2.73. The molecule has 23 heavy (non-hydrogen) atoms. The van der Waals surface area contributed by atoms with Crippen LogP contribution in [0.25, 0.3) is 11.1 Å². The van der Waals surface area contributed by atoms with Crippen molar-refractivity contribution in [2.75, 3.05) is 25.7 Å². The highest BCUT2D eigenvalue weighted by atomic mass is 16.5. The molecule has 3 rings (SSSR count). The summed E-state index contributed by atoms with van der Waals surface area (Å²) in [5, 5.41) is 18.8. The van der Waals surface area contributed by atoms with Crippen LogP contribution in [0.2, 0.25) is 0 Å². The van der Waals surface area contributed by atoms with Crippen molar-refractivity contribution in [2.45, 2.75) is 19.1 Å². The fraction of sp³-hybridized carbons (Fsp3) is 0.333. The summed E-state index contributed by atoms with van der Waals surface area (Å²) in [4.78, 5) is 2.25. The number of ether oxygens (including phenoxy) is 1. The second-order valence-corrected chi connectivity index (χ2v) is 5.90. The lowest BCUT2D eigenvalue weighted by Gasteiger charge is -2.17. The van der Waals surface area contributed by atoms with Crippen LogP contribution in [0, 0.1) is 0 Å². The average molecular weight is 314 g/mol. The quantitative estimate of drug-likeness (QED) is 0.741. The Morgan fingerprint density at radius 2 is 2.13 bits per heavy atom. The van der Waals surface area contributed by atoms with Crippen molar-refractivity contribution in [3.05, 3.63) is 48.0 Å². The van der Waals surface area contributed by atoms with Gasteiger partial charge in [-0.1, -0.05) is 18.2 Å². The van der Waals surface area contributed by atoms with Crippen molar-refractivity contribution in [1.29, 1.82) is 0 Å². The number of hydrogen-bond donors (Lipinski definition) is 3. The van der Waals surface area contributed by atoms with Gasteiger partial charge in [-0.15, -0.1) is 0 Å². The van der Waals surface area contributed by atoms with E-state index in [0.717, 1.165) is 42.9 Å². The van der Waals surface area contributed by atoms with Gasteiger partial charge < -0.3 is 9.84 Å². The van der Waals surface area contributed by atoms with E-state index in [-0.39, 0.29) is 6.10 Å². The van der Waals surface area contributed by atoms with E-state index >= 15 is 0 Å². The number of nitrogens with one attached hydrogen (secondary N) is 1. The van der Waals surface area contributed by atoms with Crippen LogP contribution in [0.5, 0.6) is 5.75 Å². The first-order valence-corrected chi connectivity index (χ1v) is 7.77. The van der Waals surface area contributed by atoms with Crippen LogP contribution in [0.15, 0.2) is 42.5 Å². The SMILES string of the molecule is COc1ccc(CN2CCC(O)C2)cc1-c1cccc(NO)c1. The molecule has 2 aromatic carbocycles. The standard InChI is InChI=1S/C18H22N2O3/c1-23-18-6-5-13(11-20-8-7-16(21)12-20)9-17(18)14-3-2-4-15(10-14)19-22/h2-6,9-10,16,19,21-22H,7-8,11-12H2,1H3. The highest BCUT2D eigenvalue weighted by molar-refractivity contribution is 5.74. The van der Waals surface area contributed by atoms with E-state index in [0.29, 0.717) is 5.69 Å². The zero-order valence-corrected chi connectivity index (χ0v) is 13.2. The van der Waals surface area contributed by atoms with Crippen molar-refractivity contribution >= 4 is 5.69 Å². The van der Waals surface area contributed by atoms with Gasteiger partial charge in [-0.3, -0.25) is 15.6 Å². The first-order valence-electron chi connectivity index (χ1n) is 7.77. The molecular formula is C18H22N2O3. The minimum Gasteiger partial charge on any atom is -0.496 e. The molecule has 0 aromatic heterocycles. The fourth-order valence-electron chi connectivity index (χ4n) is 3.05. The van der Waals surface area contributed by atoms with E-state index in [2.05, 4.69) is 22.5 Å². The number of anilines is 1. The Labute approximate surface area is 136 Å². The van der Waals surface area contributed by atoms with Gasteiger partial charge in [0, 0.05) is 25.2 Å². The van der Waals surface area contributed by atoms with Crippen molar-refractivity contribution < 1.29 is 15.1 Å². The zero-order chi connectivity index (χ0) is 16.2. The molecule has 5 heteroatoms. The van der Waals surface area contributed by atoms with Gasteiger partial charge in [0.2, 0.25) is 0 Å². The molecule has 1 aliphatic heterocycles. The molecule has 0 saturated carbocycles. The van der Waals surface area contributed by atoms with Crippen LogP contribution < -0.4 is 10.2 Å². The lowest BCUT2D eigenvalue weighted by Crippen LogP contribution is -2.21. The highest BCUT2D eigenvalue weighted by Crippen LogP contribution is 2.32. The van der Waals surface area contributed by atoms with E-state index in [1.165, 1.54) is 5.56 Å². The molecule has 1 unspecified atom stereocenters. The maximum absolute atomic E-state index is 9.66. The maximum atomic E-state index is 9.66. The third kappa shape index (κ3) is 3.64. The van der Waals surface area contributed by atoms with Crippen molar-refractivity contribution in [3.8, 4) is 16.9 Å². The van der Waals surface area contributed by atoms with Gasteiger partial charge in [-0.25, -0.2) is 0 Å². The summed E-state index contributed by atoms with van der Waals surface area (Å²) in [6.07, 6.45) is 0.632. The zero-order valence-electron chi connectivity index (χ0n) is 13.2. The molecule has 1 saturated heterocycles. The summed E-state index contributed by atoms with van der Waals surface area (Å²) in [7, 11) is 1.66. The van der Waals surface area contributed by atoms with Crippen LogP contribution >= 0.6 is 0 Å². The normalized spacial score (nSPS) is 18.1. The summed E-state index contributed by atoms with van der Waals surface area (Å²) in [5.41, 5.74) is 5.95. The van der Waals surface area contributed by atoms with Crippen molar-refractivity contribution in [2.24, 2.45) is 0 Å². The molecule has 0 aliphatic carbocycles. The molecule has 0 radical (unpaired) electrons. The van der Waals surface area contributed by atoms with Gasteiger partial charge in [-0.05, 0) is 41.8 Å². The van der Waals surface area contributed by atoms with E-state index in [9.17, 15) is 5.11 Å². The molecule has 1 fully saturated rings. The average Bonchev–Trinajstić information content (AvgIpc) is 2.99. The fourth-order valence-corrected chi connectivity index (χ4v) is 3.05.